The van der Waals surface area contributed by atoms with Crippen LogP contribution in [0.5, 0.6) is 0 Å². The molecule has 9 heteroatoms. The zero-order chi connectivity index (χ0) is 14.7. The molecule has 0 saturated heterocycles. The van der Waals surface area contributed by atoms with Crippen molar-refractivity contribution in [2.24, 2.45) is 0 Å². The minimum atomic E-state index is -0.885. The zero-order valence-corrected chi connectivity index (χ0v) is 10.2. The fourth-order valence-electron chi connectivity index (χ4n) is 1.46. The molecular formula is C11H9F2N5O2. The van der Waals surface area contributed by atoms with Crippen LogP contribution in [0.15, 0.2) is 24.4 Å². The van der Waals surface area contributed by atoms with Crippen LogP contribution in [0.4, 0.5) is 31.9 Å². The minimum absolute atomic E-state index is 0.0786. The van der Waals surface area contributed by atoms with Crippen LogP contribution in [-0.4, -0.2) is 21.9 Å². The Kier molecular flexibility index (Phi) is 3.69. The van der Waals surface area contributed by atoms with Gasteiger partial charge in [0.2, 0.25) is 11.8 Å². The Labute approximate surface area is 111 Å². The summed E-state index contributed by atoms with van der Waals surface area (Å²) in [6, 6.07) is 3.23. The third-order valence-electron chi connectivity index (χ3n) is 2.40. The maximum absolute atomic E-state index is 13.5. The summed E-state index contributed by atoms with van der Waals surface area (Å²) in [4.78, 5) is 17.6. The number of hydrogen-bond acceptors (Lipinski definition) is 6. The molecule has 0 radical (unpaired) electrons. The van der Waals surface area contributed by atoms with Gasteiger partial charge in [0, 0.05) is 7.05 Å². The monoisotopic (exact) mass is 281 g/mol. The van der Waals surface area contributed by atoms with Crippen LogP contribution in [0.25, 0.3) is 0 Å². The van der Waals surface area contributed by atoms with E-state index in [9.17, 15) is 18.9 Å². The number of nitrogens with one attached hydrogen (secondary N) is 2. The number of rotatable bonds is 4. The van der Waals surface area contributed by atoms with Gasteiger partial charge in [-0.05, 0) is 12.1 Å². The first kappa shape index (κ1) is 13.6. The summed E-state index contributed by atoms with van der Waals surface area (Å²) in [6.45, 7) is 0. The van der Waals surface area contributed by atoms with Crippen LogP contribution >= 0.6 is 0 Å². The van der Waals surface area contributed by atoms with Crippen molar-refractivity contribution in [3.05, 3.63) is 46.1 Å². The summed E-state index contributed by atoms with van der Waals surface area (Å²) in [5, 5.41) is 15.7. The molecule has 0 fully saturated rings. The quantitative estimate of drug-likeness (QED) is 0.660. The van der Waals surface area contributed by atoms with Crippen molar-refractivity contribution >= 4 is 23.1 Å². The van der Waals surface area contributed by atoms with Gasteiger partial charge in [0.25, 0.3) is 0 Å². The number of hydrogen-bond donors (Lipinski definition) is 2. The van der Waals surface area contributed by atoms with E-state index >= 15 is 0 Å². The SMILES string of the molecule is CNc1ncc([N+](=O)[O-])c(Nc2c(F)cccc2F)n1. The minimum Gasteiger partial charge on any atom is -0.357 e. The molecule has 0 amide bonds. The maximum Gasteiger partial charge on any atom is 0.329 e. The van der Waals surface area contributed by atoms with Crippen molar-refractivity contribution < 1.29 is 13.7 Å². The Balaban J connectivity index is 2.49. The van der Waals surface area contributed by atoms with Crippen LogP contribution < -0.4 is 10.6 Å². The van der Waals surface area contributed by atoms with Gasteiger partial charge in [-0.3, -0.25) is 10.1 Å². The molecule has 1 heterocycles. The van der Waals surface area contributed by atoms with Gasteiger partial charge in [-0.15, -0.1) is 0 Å². The first-order chi connectivity index (χ1) is 9.52. The molecular weight excluding hydrogens is 272 g/mol. The number of nitrogens with zero attached hydrogens (tertiary/aromatic N) is 3. The second-order valence-corrected chi connectivity index (χ2v) is 3.66. The Hall–Kier alpha value is -2.84. The molecule has 2 rings (SSSR count). The average Bonchev–Trinajstić information content (AvgIpc) is 2.42. The van der Waals surface area contributed by atoms with Crippen molar-refractivity contribution in [1.82, 2.24) is 9.97 Å². The predicted molar refractivity (Wildman–Crippen MR) is 67.9 cm³/mol. The van der Waals surface area contributed by atoms with Crippen LogP contribution in [0.1, 0.15) is 0 Å². The van der Waals surface area contributed by atoms with Crippen molar-refractivity contribution in [2.75, 3.05) is 17.7 Å². The molecule has 0 aliphatic carbocycles. The van der Waals surface area contributed by atoms with Crippen molar-refractivity contribution in [3.63, 3.8) is 0 Å². The fourth-order valence-corrected chi connectivity index (χ4v) is 1.46. The van der Waals surface area contributed by atoms with Gasteiger partial charge >= 0.3 is 5.69 Å². The zero-order valence-electron chi connectivity index (χ0n) is 10.2. The van der Waals surface area contributed by atoms with Gasteiger partial charge in [-0.2, -0.15) is 4.98 Å². The van der Waals surface area contributed by atoms with Crippen molar-refractivity contribution in [1.29, 1.82) is 0 Å². The molecule has 7 nitrogen and oxygen atoms in total. The Morgan fingerprint density at radius 2 is 1.95 bits per heavy atom. The molecule has 2 aromatic rings. The van der Waals surface area contributed by atoms with Crippen LogP contribution in [0.2, 0.25) is 0 Å². The number of para-hydroxylation sites is 1. The predicted octanol–water partition coefficient (Wildman–Crippen LogP) is 2.45. The highest BCUT2D eigenvalue weighted by Gasteiger charge is 2.20. The summed E-state index contributed by atoms with van der Waals surface area (Å²) < 4.78 is 27.0. The normalized spacial score (nSPS) is 10.2. The number of nitro groups is 1. The molecule has 0 aliphatic rings. The largest absolute Gasteiger partial charge is 0.357 e. The van der Waals surface area contributed by atoms with E-state index in [-0.39, 0.29) is 11.8 Å². The number of aromatic nitrogens is 2. The van der Waals surface area contributed by atoms with Crippen molar-refractivity contribution in [2.45, 2.75) is 0 Å². The molecule has 0 atom stereocenters. The summed E-state index contributed by atoms with van der Waals surface area (Å²) in [5.41, 5.74) is -1.01. The highest BCUT2D eigenvalue weighted by Crippen LogP contribution is 2.28. The van der Waals surface area contributed by atoms with Gasteiger partial charge in [-0.1, -0.05) is 6.07 Å². The van der Waals surface area contributed by atoms with Gasteiger partial charge < -0.3 is 10.6 Å². The maximum atomic E-state index is 13.5. The van der Waals surface area contributed by atoms with Crippen LogP contribution in [-0.2, 0) is 0 Å². The second-order valence-electron chi connectivity index (χ2n) is 3.66. The smallest absolute Gasteiger partial charge is 0.329 e. The lowest BCUT2D eigenvalue weighted by Crippen LogP contribution is -2.06. The number of anilines is 3. The van der Waals surface area contributed by atoms with E-state index < -0.39 is 27.9 Å². The average molecular weight is 281 g/mol. The summed E-state index contributed by atoms with van der Waals surface area (Å²) in [5.74, 6) is -2.00. The third-order valence-corrected chi connectivity index (χ3v) is 2.40. The first-order valence-corrected chi connectivity index (χ1v) is 5.43. The molecule has 2 N–H and O–H groups in total. The third kappa shape index (κ3) is 2.60. The molecule has 104 valence electrons. The molecule has 0 aliphatic heterocycles. The molecule has 0 unspecified atom stereocenters. The van der Waals surface area contributed by atoms with E-state index in [1.54, 1.807) is 0 Å². The first-order valence-electron chi connectivity index (χ1n) is 5.43. The Morgan fingerprint density at radius 1 is 1.30 bits per heavy atom. The molecule has 0 spiro atoms. The van der Waals surface area contributed by atoms with Crippen LogP contribution in [0, 0.1) is 21.7 Å². The van der Waals surface area contributed by atoms with E-state index in [1.165, 1.54) is 13.1 Å². The molecule has 0 bridgehead atoms. The van der Waals surface area contributed by atoms with E-state index in [0.717, 1.165) is 18.3 Å². The fraction of sp³-hybridized carbons (Fsp3) is 0.0909. The van der Waals surface area contributed by atoms with E-state index in [0.29, 0.717) is 0 Å². The summed E-state index contributed by atoms with van der Waals surface area (Å²) in [7, 11) is 1.51. The van der Waals surface area contributed by atoms with Gasteiger partial charge in [0.05, 0.1) is 4.92 Å². The highest BCUT2D eigenvalue weighted by atomic mass is 19.1. The van der Waals surface area contributed by atoms with Crippen LogP contribution in [0.3, 0.4) is 0 Å². The van der Waals surface area contributed by atoms with E-state index in [4.69, 9.17) is 0 Å². The second kappa shape index (κ2) is 5.43. The number of benzene rings is 1. The molecule has 1 aromatic heterocycles. The molecule has 20 heavy (non-hydrogen) atoms. The van der Waals surface area contributed by atoms with E-state index in [1.807, 2.05) is 0 Å². The lowest BCUT2D eigenvalue weighted by atomic mass is 10.3. The van der Waals surface area contributed by atoms with Gasteiger partial charge in [-0.25, -0.2) is 13.8 Å². The molecule has 0 saturated carbocycles. The van der Waals surface area contributed by atoms with E-state index in [2.05, 4.69) is 20.6 Å². The summed E-state index contributed by atoms with van der Waals surface area (Å²) >= 11 is 0. The highest BCUT2D eigenvalue weighted by molar-refractivity contribution is 5.66. The van der Waals surface area contributed by atoms with Gasteiger partial charge in [0.15, 0.2) is 0 Å². The summed E-state index contributed by atoms with van der Waals surface area (Å²) in [6.07, 6.45) is 0.944. The van der Waals surface area contributed by atoms with Gasteiger partial charge in [0.1, 0.15) is 23.5 Å². The standard InChI is InChI=1S/C11H9F2N5O2/c1-14-11-15-5-8(18(19)20)10(17-11)16-9-6(12)3-2-4-7(9)13/h2-5H,1H3,(H2,14,15,16,17). The molecule has 1 aromatic carbocycles. The number of halogens is 2. The van der Waals surface area contributed by atoms with Crippen molar-refractivity contribution in [3.8, 4) is 0 Å². The lowest BCUT2D eigenvalue weighted by Gasteiger charge is -2.09. The Morgan fingerprint density at radius 3 is 2.50 bits per heavy atom. The lowest BCUT2D eigenvalue weighted by molar-refractivity contribution is -0.384. The topological polar surface area (TPSA) is 93.0 Å². The Bertz CT molecular complexity index is 645.